The van der Waals surface area contributed by atoms with Gasteiger partial charge in [-0.2, -0.15) is 0 Å². The first-order valence-electron chi connectivity index (χ1n) is 5.92. The molecule has 0 aliphatic heterocycles. The predicted molar refractivity (Wildman–Crippen MR) is 69.2 cm³/mol. The molecule has 1 aliphatic rings. The van der Waals surface area contributed by atoms with Gasteiger partial charge in [0, 0.05) is 17.5 Å². The van der Waals surface area contributed by atoms with Crippen LogP contribution in [-0.2, 0) is 0 Å². The summed E-state index contributed by atoms with van der Waals surface area (Å²) < 4.78 is 0.742. The highest BCUT2D eigenvalue weighted by molar-refractivity contribution is 7.16. The van der Waals surface area contributed by atoms with Crippen LogP contribution in [-0.4, -0.2) is 17.7 Å². The van der Waals surface area contributed by atoms with Crippen molar-refractivity contribution in [3.8, 4) is 0 Å². The van der Waals surface area contributed by atoms with E-state index in [9.17, 15) is 5.11 Å². The highest BCUT2D eigenvalue weighted by atomic mass is 35.5. The van der Waals surface area contributed by atoms with Crippen molar-refractivity contribution in [2.75, 3.05) is 6.54 Å². The van der Waals surface area contributed by atoms with Gasteiger partial charge in [0.2, 0.25) is 0 Å². The van der Waals surface area contributed by atoms with E-state index in [0.717, 1.165) is 9.21 Å². The molecule has 1 aliphatic carbocycles. The number of hydrogen-bond acceptors (Lipinski definition) is 3. The zero-order chi connectivity index (χ0) is 11.4. The Labute approximate surface area is 106 Å². The molecule has 90 valence electrons. The summed E-state index contributed by atoms with van der Waals surface area (Å²) >= 11 is 7.30. The topological polar surface area (TPSA) is 32.3 Å². The van der Waals surface area contributed by atoms with E-state index in [2.05, 4.69) is 5.32 Å². The van der Waals surface area contributed by atoms with Gasteiger partial charge in [0.15, 0.2) is 0 Å². The van der Waals surface area contributed by atoms with Crippen LogP contribution in [0.1, 0.15) is 43.1 Å². The summed E-state index contributed by atoms with van der Waals surface area (Å²) in [6.45, 7) is 0.640. The minimum Gasteiger partial charge on any atom is -0.386 e. The molecule has 1 saturated carbocycles. The quantitative estimate of drug-likeness (QED) is 0.869. The first-order chi connectivity index (χ1) is 7.75. The molecule has 0 aromatic carbocycles. The van der Waals surface area contributed by atoms with Gasteiger partial charge in [-0.3, -0.25) is 0 Å². The van der Waals surface area contributed by atoms with Crippen LogP contribution < -0.4 is 5.32 Å². The summed E-state index contributed by atoms with van der Waals surface area (Å²) in [4.78, 5) is 0.952. The molecule has 1 aromatic heterocycles. The second-order valence-corrected chi connectivity index (χ2v) is 6.15. The maximum Gasteiger partial charge on any atom is 0.101 e. The van der Waals surface area contributed by atoms with Crippen LogP contribution in [0.25, 0.3) is 0 Å². The molecule has 1 atom stereocenters. The molecule has 2 rings (SSSR count). The third-order valence-electron chi connectivity index (χ3n) is 3.13. The van der Waals surface area contributed by atoms with Gasteiger partial charge in [0.1, 0.15) is 6.10 Å². The molecule has 0 bridgehead atoms. The lowest BCUT2D eigenvalue weighted by Gasteiger charge is -2.24. The van der Waals surface area contributed by atoms with Crippen LogP contribution in [0, 0.1) is 0 Å². The van der Waals surface area contributed by atoms with Crippen LogP contribution in [0.2, 0.25) is 4.34 Å². The first-order valence-corrected chi connectivity index (χ1v) is 7.12. The molecule has 16 heavy (non-hydrogen) atoms. The summed E-state index contributed by atoms with van der Waals surface area (Å²) in [5.41, 5.74) is 0. The average molecular weight is 260 g/mol. The molecule has 0 amide bonds. The molecule has 1 fully saturated rings. The van der Waals surface area contributed by atoms with Gasteiger partial charge in [-0.25, -0.2) is 0 Å². The lowest BCUT2D eigenvalue weighted by atomic mass is 9.95. The second kappa shape index (κ2) is 6.01. The number of aliphatic hydroxyl groups is 1. The fraction of sp³-hybridized carbons (Fsp3) is 0.667. The van der Waals surface area contributed by atoms with Gasteiger partial charge in [-0.05, 0) is 25.0 Å². The third-order valence-corrected chi connectivity index (χ3v) is 4.46. The largest absolute Gasteiger partial charge is 0.386 e. The van der Waals surface area contributed by atoms with Gasteiger partial charge in [-0.15, -0.1) is 11.3 Å². The summed E-state index contributed by atoms with van der Waals surface area (Å²) in [5, 5.41) is 13.4. The zero-order valence-electron chi connectivity index (χ0n) is 9.29. The lowest BCUT2D eigenvalue weighted by Crippen LogP contribution is -2.34. The Morgan fingerprint density at radius 1 is 1.38 bits per heavy atom. The maximum absolute atomic E-state index is 9.95. The average Bonchev–Trinajstić information content (AvgIpc) is 2.74. The molecule has 2 nitrogen and oxygen atoms in total. The van der Waals surface area contributed by atoms with Crippen LogP contribution >= 0.6 is 22.9 Å². The fourth-order valence-corrected chi connectivity index (χ4v) is 3.24. The standard InChI is InChI=1S/C12H18ClNOS/c13-12-7-6-11(16-12)10(15)8-14-9-4-2-1-3-5-9/h6-7,9-10,14-15H,1-5,8H2. The second-order valence-electron chi connectivity index (χ2n) is 4.40. The lowest BCUT2D eigenvalue weighted by molar-refractivity contribution is 0.169. The van der Waals surface area contributed by atoms with Crippen molar-refractivity contribution in [1.29, 1.82) is 0 Å². The Kier molecular flexibility index (Phi) is 4.65. The normalized spacial score (nSPS) is 19.9. The summed E-state index contributed by atoms with van der Waals surface area (Å²) in [5.74, 6) is 0. The predicted octanol–water partition coefficient (Wildman–Crippen LogP) is 3.36. The van der Waals surface area contributed by atoms with Gasteiger partial charge in [0.25, 0.3) is 0 Å². The Hall–Kier alpha value is -0.0900. The molecule has 0 spiro atoms. The van der Waals surface area contributed by atoms with Crippen molar-refractivity contribution in [3.05, 3.63) is 21.3 Å². The van der Waals surface area contributed by atoms with Crippen molar-refractivity contribution in [2.45, 2.75) is 44.2 Å². The van der Waals surface area contributed by atoms with Crippen LogP contribution in [0.3, 0.4) is 0 Å². The number of rotatable bonds is 4. The Morgan fingerprint density at radius 3 is 2.75 bits per heavy atom. The van der Waals surface area contributed by atoms with Gasteiger partial charge in [-0.1, -0.05) is 30.9 Å². The van der Waals surface area contributed by atoms with E-state index >= 15 is 0 Å². The molecular formula is C12H18ClNOS. The smallest absolute Gasteiger partial charge is 0.101 e. The number of thiophene rings is 1. The molecular weight excluding hydrogens is 242 g/mol. The Morgan fingerprint density at radius 2 is 2.12 bits per heavy atom. The molecule has 1 unspecified atom stereocenters. The van der Waals surface area contributed by atoms with Crippen molar-refractivity contribution in [1.82, 2.24) is 5.32 Å². The minimum absolute atomic E-state index is 0.417. The van der Waals surface area contributed by atoms with E-state index in [4.69, 9.17) is 11.6 Å². The number of halogens is 1. The van der Waals surface area contributed by atoms with Gasteiger partial charge < -0.3 is 10.4 Å². The van der Waals surface area contributed by atoms with E-state index in [1.54, 1.807) is 0 Å². The zero-order valence-corrected chi connectivity index (χ0v) is 10.9. The van der Waals surface area contributed by atoms with Crippen LogP contribution in [0.15, 0.2) is 12.1 Å². The third kappa shape index (κ3) is 3.45. The summed E-state index contributed by atoms with van der Waals surface area (Å²) in [6.07, 6.45) is 6.08. The SMILES string of the molecule is OC(CNC1CCCCC1)c1ccc(Cl)s1. The number of nitrogens with one attached hydrogen (secondary N) is 1. The van der Waals surface area contributed by atoms with Gasteiger partial charge >= 0.3 is 0 Å². The first kappa shape index (κ1) is 12.4. The highest BCUT2D eigenvalue weighted by Crippen LogP contribution is 2.27. The molecule has 0 radical (unpaired) electrons. The molecule has 1 heterocycles. The van der Waals surface area contributed by atoms with Crippen molar-refractivity contribution < 1.29 is 5.11 Å². The Bertz CT molecular complexity index is 323. The van der Waals surface area contributed by atoms with E-state index in [-0.39, 0.29) is 0 Å². The van der Waals surface area contributed by atoms with Crippen molar-refractivity contribution >= 4 is 22.9 Å². The maximum atomic E-state index is 9.95. The van der Waals surface area contributed by atoms with Crippen LogP contribution in [0.4, 0.5) is 0 Å². The van der Waals surface area contributed by atoms with Gasteiger partial charge in [0.05, 0.1) is 4.34 Å². The summed E-state index contributed by atoms with van der Waals surface area (Å²) in [6, 6.07) is 4.34. The number of hydrogen-bond donors (Lipinski definition) is 2. The monoisotopic (exact) mass is 259 g/mol. The highest BCUT2D eigenvalue weighted by Gasteiger charge is 2.15. The molecule has 0 saturated heterocycles. The Balaban J connectivity index is 1.76. The minimum atomic E-state index is -0.417. The van der Waals surface area contributed by atoms with E-state index in [1.165, 1.54) is 43.4 Å². The van der Waals surface area contributed by atoms with Crippen molar-refractivity contribution in [3.63, 3.8) is 0 Å². The van der Waals surface area contributed by atoms with Crippen molar-refractivity contribution in [2.24, 2.45) is 0 Å². The van der Waals surface area contributed by atoms with E-state index in [1.807, 2.05) is 12.1 Å². The number of aliphatic hydroxyl groups excluding tert-OH is 1. The molecule has 1 aromatic rings. The molecule has 2 N–H and O–H groups in total. The molecule has 4 heteroatoms. The summed E-state index contributed by atoms with van der Waals surface area (Å²) in [7, 11) is 0. The van der Waals surface area contributed by atoms with E-state index < -0.39 is 6.10 Å². The van der Waals surface area contributed by atoms with E-state index in [0.29, 0.717) is 12.6 Å². The van der Waals surface area contributed by atoms with Crippen LogP contribution in [0.5, 0.6) is 0 Å². The fourth-order valence-electron chi connectivity index (χ4n) is 2.19.